The monoisotopic (exact) mass is 408 g/mol. The van der Waals surface area contributed by atoms with Crippen LogP contribution in [0.2, 0.25) is 5.02 Å². The minimum absolute atomic E-state index is 0.0954. The van der Waals surface area contributed by atoms with Crippen molar-refractivity contribution in [1.29, 1.82) is 0 Å². The number of furan rings is 1. The highest BCUT2D eigenvalue weighted by atomic mass is 35.5. The number of non-ortho nitro benzene ring substituents is 1. The van der Waals surface area contributed by atoms with Crippen LogP contribution in [0.4, 0.5) is 5.69 Å². The lowest BCUT2D eigenvalue weighted by Gasteiger charge is -2.00. The summed E-state index contributed by atoms with van der Waals surface area (Å²) in [6, 6.07) is 14.8. The Hall–Kier alpha value is -3.91. The van der Waals surface area contributed by atoms with E-state index in [-0.39, 0.29) is 11.6 Å². The first-order chi connectivity index (χ1) is 14.0. The normalized spacial score (nSPS) is 11.2. The molecule has 0 saturated carbocycles. The van der Waals surface area contributed by atoms with E-state index in [0.29, 0.717) is 27.7 Å². The number of nitro groups is 1. The average molecular weight is 409 g/mol. The van der Waals surface area contributed by atoms with E-state index in [9.17, 15) is 14.9 Å². The minimum atomic E-state index is -0.509. The number of para-hydroxylation sites is 1. The van der Waals surface area contributed by atoms with Crippen molar-refractivity contribution in [1.82, 2.24) is 10.4 Å². The number of rotatable bonds is 5. The third kappa shape index (κ3) is 3.74. The van der Waals surface area contributed by atoms with Gasteiger partial charge in [0.1, 0.15) is 11.5 Å². The first kappa shape index (κ1) is 18.5. The minimum Gasteiger partial charge on any atom is -0.455 e. The number of benzene rings is 2. The number of aromatic nitrogens is 1. The zero-order valence-electron chi connectivity index (χ0n) is 14.8. The highest BCUT2D eigenvalue weighted by Gasteiger charge is 2.14. The first-order valence-electron chi connectivity index (χ1n) is 8.46. The third-order valence-corrected chi connectivity index (χ3v) is 4.57. The molecule has 144 valence electrons. The smallest absolute Gasteiger partial charge is 0.273 e. The Morgan fingerprint density at radius 2 is 2.03 bits per heavy atom. The Labute approximate surface area is 168 Å². The maximum Gasteiger partial charge on any atom is 0.273 e. The molecule has 1 amide bonds. The van der Waals surface area contributed by atoms with Gasteiger partial charge in [-0.05, 0) is 24.3 Å². The highest BCUT2D eigenvalue weighted by molar-refractivity contribution is 6.33. The summed E-state index contributed by atoms with van der Waals surface area (Å²) < 4.78 is 5.61. The number of carbonyl (C=O) groups is 1. The fourth-order valence-corrected chi connectivity index (χ4v) is 3.07. The molecular formula is C20H13ClN4O4. The molecule has 0 bridgehead atoms. The predicted octanol–water partition coefficient (Wildman–Crippen LogP) is 4.75. The predicted molar refractivity (Wildman–Crippen MR) is 109 cm³/mol. The van der Waals surface area contributed by atoms with Gasteiger partial charge in [0.2, 0.25) is 0 Å². The van der Waals surface area contributed by atoms with Crippen LogP contribution < -0.4 is 5.43 Å². The van der Waals surface area contributed by atoms with Crippen molar-refractivity contribution in [3.8, 4) is 11.3 Å². The van der Waals surface area contributed by atoms with Gasteiger partial charge in [-0.1, -0.05) is 29.8 Å². The Kier molecular flexibility index (Phi) is 4.84. The van der Waals surface area contributed by atoms with Crippen molar-refractivity contribution in [2.45, 2.75) is 0 Å². The van der Waals surface area contributed by atoms with E-state index in [1.807, 2.05) is 24.3 Å². The molecule has 0 spiro atoms. The SMILES string of the molecule is O=C(NN=Cc1ccc(-c2cc([N+](=O)[O-])ccc2Cl)o1)c1c[nH]c2ccccc12. The summed E-state index contributed by atoms with van der Waals surface area (Å²) in [5, 5.41) is 16.0. The fourth-order valence-electron chi connectivity index (χ4n) is 2.86. The van der Waals surface area contributed by atoms with Crippen molar-refractivity contribution >= 4 is 40.3 Å². The van der Waals surface area contributed by atoms with Crippen LogP contribution in [0.5, 0.6) is 0 Å². The van der Waals surface area contributed by atoms with Gasteiger partial charge in [0.15, 0.2) is 0 Å². The van der Waals surface area contributed by atoms with Gasteiger partial charge in [0, 0.05) is 34.8 Å². The maximum atomic E-state index is 12.3. The summed E-state index contributed by atoms with van der Waals surface area (Å²) in [5.74, 6) is 0.331. The van der Waals surface area contributed by atoms with E-state index in [1.165, 1.54) is 24.4 Å². The van der Waals surface area contributed by atoms with E-state index in [2.05, 4.69) is 15.5 Å². The molecule has 0 saturated heterocycles. The molecular weight excluding hydrogens is 396 g/mol. The molecule has 0 radical (unpaired) electrons. The van der Waals surface area contributed by atoms with Crippen LogP contribution in [-0.2, 0) is 0 Å². The van der Waals surface area contributed by atoms with Gasteiger partial charge in [-0.25, -0.2) is 5.43 Å². The molecule has 0 fully saturated rings. The van der Waals surface area contributed by atoms with Crippen molar-refractivity contribution in [3.05, 3.63) is 87.3 Å². The maximum absolute atomic E-state index is 12.3. The number of hydrogen-bond acceptors (Lipinski definition) is 5. The van der Waals surface area contributed by atoms with Crippen LogP contribution in [0, 0.1) is 10.1 Å². The first-order valence-corrected chi connectivity index (χ1v) is 8.84. The summed E-state index contributed by atoms with van der Waals surface area (Å²) in [6.45, 7) is 0. The van der Waals surface area contributed by atoms with Gasteiger partial charge in [-0.3, -0.25) is 14.9 Å². The second-order valence-electron chi connectivity index (χ2n) is 6.07. The number of aromatic amines is 1. The summed E-state index contributed by atoms with van der Waals surface area (Å²) in [4.78, 5) is 25.8. The lowest BCUT2D eigenvalue weighted by atomic mass is 10.1. The van der Waals surface area contributed by atoms with E-state index in [0.717, 1.165) is 10.9 Å². The number of amides is 1. The Bertz CT molecular complexity index is 1260. The fraction of sp³-hybridized carbons (Fsp3) is 0. The number of nitrogens with zero attached hydrogens (tertiary/aromatic N) is 2. The Morgan fingerprint density at radius 1 is 1.21 bits per heavy atom. The van der Waals surface area contributed by atoms with Gasteiger partial charge in [-0.2, -0.15) is 5.10 Å². The van der Waals surface area contributed by atoms with Crippen molar-refractivity contribution in [3.63, 3.8) is 0 Å². The quantitative estimate of drug-likeness (QED) is 0.281. The average Bonchev–Trinajstić information content (AvgIpc) is 3.35. The molecule has 29 heavy (non-hydrogen) atoms. The zero-order chi connectivity index (χ0) is 20.4. The molecule has 9 heteroatoms. The van der Waals surface area contributed by atoms with Crippen LogP contribution in [0.1, 0.15) is 16.1 Å². The van der Waals surface area contributed by atoms with E-state index in [4.69, 9.17) is 16.0 Å². The largest absolute Gasteiger partial charge is 0.455 e. The highest BCUT2D eigenvalue weighted by Crippen LogP contribution is 2.32. The number of hydrogen-bond donors (Lipinski definition) is 2. The lowest BCUT2D eigenvalue weighted by Crippen LogP contribution is -2.17. The molecule has 4 aromatic rings. The van der Waals surface area contributed by atoms with Gasteiger partial charge in [0.25, 0.3) is 11.6 Å². The second kappa shape index (κ2) is 7.61. The summed E-state index contributed by atoms with van der Waals surface area (Å²) in [7, 11) is 0. The molecule has 2 aromatic carbocycles. The topological polar surface area (TPSA) is 114 Å². The van der Waals surface area contributed by atoms with E-state index in [1.54, 1.807) is 18.3 Å². The van der Waals surface area contributed by atoms with Crippen LogP contribution in [0.3, 0.4) is 0 Å². The van der Waals surface area contributed by atoms with E-state index < -0.39 is 4.92 Å². The number of halogens is 1. The van der Waals surface area contributed by atoms with Gasteiger partial charge in [-0.15, -0.1) is 0 Å². The van der Waals surface area contributed by atoms with Crippen molar-refractivity contribution in [2.24, 2.45) is 5.10 Å². The number of fused-ring (bicyclic) bond motifs is 1. The third-order valence-electron chi connectivity index (χ3n) is 4.24. The van der Waals surface area contributed by atoms with Crippen LogP contribution in [0.15, 0.2) is 70.3 Å². The summed E-state index contributed by atoms with van der Waals surface area (Å²) >= 11 is 6.12. The van der Waals surface area contributed by atoms with Crippen LogP contribution >= 0.6 is 11.6 Å². The standard InChI is InChI=1S/C20H13ClN4O4/c21-17-7-5-12(25(27)28)9-15(17)19-8-6-13(29-19)10-23-24-20(26)16-11-22-18-4-2-1-3-14(16)18/h1-11,22H,(H,24,26). The van der Waals surface area contributed by atoms with Crippen molar-refractivity contribution < 1.29 is 14.1 Å². The second-order valence-corrected chi connectivity index (χ2v) is 6.48. The summed E-state index contributed by atoms with van der Waals surface area (Å²) in [6.07, 6.45) is 2.95. The number of nitrogens with one attached hydrogen (secondary N) is 2. The summed E-state index contributed by atoms with van der Waals surface area (Å²) in [5.41, 5.74) is 4.07. The molecule has 0 atom stereocenters. The van der Waals surface area contributed by atoms with Gasteiger partial charge in [0.05, 0.1) is 21.7 Å². The molecule has 2 heterocycles. The Balaban J connectivity index is 1.49. The van der Waals surface area contributed by atoms with Crippen LogP contribution in [0.25, 0.3) is 22.2 Å². The molecule has 0 aliphatic carbocycles. The van der Waals surface area contributed by atoms with Crippen molar-refractivity contribution in [2.75, 3.05) is 0 Å². The Morgan fingerprint density at radius 3 is 2.86 bits per heavy atom. The molecule has 4 rings (SSSR count). The van der Waals surface area contributed by atoms with E-state index >= 15 is 0 Å². The molecule has 0 aliphatic heterocycles. The molecule has 2 aromatic heterocycles. The van der Waals surface area contributed by atoms with Gasteiger partial charge >= 0.3 is 0 Å². The van der Waals surface area contributed by atoms with Gasteiger partial charge < -0.3 is 9.40 Å². The lowest BCUT2D eigenvalue weighted by molar-refractivity contribution is -0.384. The number of hydrazone groups is 1. The number of carbonyl (C=O) groups excluding carboxylic acids is 1. The number of H-pyrrole nitrogens is 1. The molecule has 8 nitrogen and oxygen atoms in total. The zero-order valence-corrected chi connectivity index (χ0v) is 15.5. The molecule has 0 unspecified atom stereocenters. The molecule has 2 N–H and O–H groups in total. The van der Waals surface area contributed by atoms with Crippen LogP contribution in [-0.4, -0.2) is 22.0 Å². The molecule has 0 aliphatic rings. The number of nitro benzene ring substituents is 1.